The van der Waals surface area contributed by atoms with Crippen LogP contribution in [-0.2, 0) is 0 Å². The van der Waals surface area contributed by atoms with E-state index in [0.717, 1.165) is 6.07 Å². The molecule has 0 heterocycles. The fraction of sp³-hybridized carbons (Fsp3) is 0.0833. The number of rotatable bonds is 2. The van der Waals surface area contributed by atoms with Gasteiger partial charge >= 0.3 is 12.3 Å². The number of benzene rings is 2. The summed E-state index contributed by atoms with van der Waals surface area (Å²) in [5, 5.41) is 9.79. The van der Waals surface area contributed by atoms with Crippen molar-refractivity contribution >= 4 is 16.7 Å². The third kappa shape index (κ3) is 2.71. The van der Waals surface area contributed by atoms with Crippen LogP contribution in [0.2, 0.25) is 0 Å². The first kappa shape index (κ1) is 12.2. The summed E-state index contributed by atoms with van der Waals surface area (Å²) in [5.74, 6) is -1.52. The molecule has 0 unspecified atom stereocenters. The zero-order chi connectivity index (χ0) is 13.3. The summed E-state index contributed by atoms with van der Waals surface area (Å²) in [6, 6.07) is 7.96. The van der Waals surface area contributed by atoms with Gasteiger partial charge in [-0.1, -0.05) is 12.1 Å². The molecule has 2 aromatic carbocycles. The van der Waals surface area contributed by atoms with Gasteiger partial charge in [0, 0.05) is 0 Å². The Morgan fingerprint density at radius 2 is 1.72 bits per heavy atom. The maximum atomic E-state index is 12.0. The monoisotopic (exact) mass is 256 g/mol. The van der Waals surface area contributed by atoms with E-state index < -0.39 is 12.3 Å². The quantitative estimate of drug-likeness (QED) is 0.895. The van der Waals surface area contributed by atoms with Crippen molar-refractivity contribution in [2.24, 2.45) is 0 Å². The van der Waals surface area contributed by atoms with E-state index in [9.17, 15) is 18.0 Å². The molecule has 0 aliphatic heterocycles. The first-order valence-corrected chi connectivity index (χ1v) is 4.88. The van der Waals surface area contributed by atoms with Gasteiger partial charge in [0.2, 0.25) is 0 Å². The Kier molecular flexibility index (Phi) is 2.86. The number of alkyl halides is 3. The van der Waals surface area contributed by atoms with Gasteiger partial charge in [-0.2, -0.15) is 0 Å². The molecule has 0 amide bonds. The minimum atomic E-state index is -4.77. The predicted octanol–water partition coefficient (Wildman–Crippen LogP) is 3.44. The van der Waals surface area contributed by atoms with E-state index in [2.05, 4.69) is 4.74 Å². The molecule has 94 valence electrons. The second kappa shape index (κ2) is 4.21. The van der Waals surface area contributed by atoms with Crippen molar-refractivity contribution < 1.29 is 27.8 Å². The minimum Gasteiger partial charge on any atom is -0.478 e. The van der Waals surface area contributed by atoms with Crippen LogP contribution in [0.25, 0.3) is 10.8 Å². The number of carboxylic acid groups (broad SMARTS) is 1. The number of halogens is 3. The highest BCUT2D eigenvalue weighted by Gasteiger charge is 2.31. The summed E-state index contributed by atoms with van der Waals surface area (Å²) in [6.45, 7) is 0. The number of ether oxygens (including phenoxy) is 1. The van der Waals surface area contributed by atoms with Crippen LogP contribution in [0.4, 0.5) is 13.2 Å². The summed E-state index contributed by atoms with van der Waals surface area (Å²) >= 11 is 0. The molecular formula is C12H7F3O3. The fourth-order valence-electron chi connectivity index (χ4n) is 1.55. The highest BCUT2D eigenvalue weighted by atomic mass is 19.4. The lowest BCUT2D eigenvalue weighted by atomic mass is 10.1. The van der Waals surface area contributed by atoms with Gasteiger partial charge < -0.3 is 9.84 Å². The SMILES string of the molecule is O=C(O)c1ccc2ccc(OC(F)(F)F)cc2c1. The van der Waals surface area contributed by atoms with Crippen LogP contribution in [0.3, 0.4) is 0 Å². The van der Waals surface area contributed by atoms with Crippen LogP contribution in [0.5, 0.6) is 5.75 Å². The molecule has 0 spiro atoms. The topological polar surface area (TPSA) is 46.5 Å². The summed E-state index contributed by atoms with van der Waals surface area (Å²) < 4.78 is 39.9. The number of hydrogen-bond donors (Lipinski definition) is 1. The number of aromatic carboxylic acids is 1. The Balaban J connectivity index is 2.45. The van der Waals surface area contributed by atoms with Crippen LogP contribution in [0.15, 0.2) is 36.4 Å². The van der Waals surface area contributed by atoms with Gasteiger partial charge in [-0.3, -0.25) is 0 Å². The molecule has 0 bridgehead atoms. The van der Waals surface area contributed by atoms with E-state index in [4.69, 9.17) is 5.11 Å². The number of hydrogen-bond acceptors (Lipinski definition) is 2. The van der Waals surface area contributed by atoms with E-state index in [1.54, 1.807) is 0 Å². The van der Waals surface area contributed by atoms with Gasteiger partial charge in [0.05, 0.1) is 5.56 Å². The summed E-state index contributed by atoms with van der Waals surface area (Å²) in [7, 11) is 0. The first-order chi connectivity index (χ1) is 8.35. The van der Waals surface area contributed by atoms with Crippen LogP contribution in [-0.4, -0.2) is 17.4 Å². The molecule has 0 atom stereocenters. The lowest BCUT2D eigenvalue weighted by Crippen LogP contribution is -2.16. The molecule has 0 aliphatic rings. The van der Waals surface area contributed by atoms with Crippen LogP contribution in [0, 0.1) is 0 Å². The average molecular weight is 256 g/mol. The molecular weight excluding hydrogens is 249 g/mol. The molecule has 18 heavy (non-hydrogen) atoms. The second-order valence-electron chi connectivity index (χ2n) is 3.58. The number of carbonyl (C=O) groups is 1. The molecule has 3 nitrogen and oxygen atoms in total. The molecule has 0 aromatic heterocycles. The molecule has 0 aliphatic carbocycles. The van der Waals surface area contributed by atoms with Gasteiger partial charge in [-0.25, -0.2) is 4.79 Å². The zero-order valence-electron chi connectivity index (χ0n) is 8.86. The Morgan fingerprint density at radius 3 is 2.33 bits per heavy atom. The van der Waals surface area contributed by atoms with Gasteiger partial charge in [0.15, 0.2) is 0 Å². The maximum Gasteiger partial charge on any atom is 0.573 e. The molecule has 0 saturated heterocycles. The molecule has 0 fully saturated rings. The van der Waals surface area contributed by atoms with Gasteiger partial charge in [-0.05, 0) is 35.0 Å². The number of fused-ring (bicyclic) bond motifs is 1. The summed E-state index contributed by atoms with van der Waals surface area (Å²) in [5.41, 5.74) is 0.00617. The number of carboxylic acids is 1. The van der Waals surface area contributed by atoms with Crippen molar-refractivity contribution in [1.29, 1.82) is 0 Å². The highest BCUT2D eigenvalue weighted by molar-refractivity contribution is 5.94. The second-order valence-corrected chi connectivity index (χ2v) is 3.58. The van der Waals surface area contributed by atoms with Gasteiger partial charge in [-0.15, -0.1) is 13.2 Å². The van der Waals surface area contributed by atoms with E-state index in [-0.39, 0.29) is 11.3 Å². The standard InChI is InChI=1S/C12H7F3O3/c13-12(14,15)18-10-4-3-7-1-2-8(11(16)17)5-9(7)6-10/h1-6H,(H,16,17). The van der Waals surface area contributed by atoms with Crippen molar-refractivity contribution in [2.45, 2.75) is 6.36 Å². The third-order valence-corrected chi connectivity index (χ3v) is 2.29. The molecule has 2 rings (SSSR count). The average Bonchev–Trinajstić information content (AvgIpc) is 2.25. The van der Waals surface area contributed by atoms with Crippen molar-refractivity contribution in [3.63, 3.8) is 0 Å². The molecule has 2 aromatic rings. The normalized spacial score (nSPS) is 11.5. The van der Waals surface area contributed by atoms with Crippen LogP contribution >= 0.6 is 0 Å². The molecule has 1 N–H and O–H groups in total. The van der Waals surface area contributed by atoms with Crippen molar-refractivity contribution in [1.82, 2.24) is 0 Å². The summed E-state index contributed by atoms with van der Waals surface area (Å²) in [6.07, 6.45) is -4.77. The smallest absolute Gasteiger partial charge is 0.478 e. The van der Waals surface area contributed by atoms with Crippen LogP contribution < -0.4 is 4.74 Å². The maximum absolute atomic E-state index is 12.0. The van der Waals surface area contributed by atoms with Crippen LogP contribution in [0.1, 0.15) is 10.4 Å². The van der Waals surface area contributed by atoms with E-state index in [0.29, 0.717) is 10.8 Å². The Bertz CT molecular complexity index is 605. The van der Waals surface area contributed by atoms with Crippen molar-refractivity contribution in [2.75, 3.05) is 0 Å². The summed E-state index contributed by atoms with van der Waals surface area (Å²) in [4.78, 5) is 10.7. The van der Waals surface area contributed by atoms with Gasteiger partial charge in [0.25, 0.3) is 0 Å². The minimum absolute atomic E-state index is 0.00617. The molecule has 6 heteroatoms. The Morgan fingerprint density at radius 1 is 1.06 bits per heavy atom. The largest absolute Gasteiger partial charge is 0.573 e. The van der Waals surface area contributed by atoms with Crippen molar-refractivity contribution in [3.8, 4) is 5.75 Å². The predicted molar refractivity (Wildman–Crippen MR) is 57.6 cm³/mol. The molecule has 0 saturated carbocycles. The highest BCUT2D eigenvalue weighted by Crippen LogP contribution is 2.27. The lowest BCUT2D eigenvalue weighted by Gasteiger charge is -2.09. The Labute approximate surface area is 99.4 Å². The Hall–Kier alpha value is -2.24. The first-order valence-electron chi connectivity index (χ1n) is 4.88. The zero-order valence-corrected chi connectivity index (χ0v) is 8.86. The van der Waals surface area contributed by atoms with E-state index in [1.807, 2.05) is 0 Å². The van der Waals surface area contributed by atoms with E-state index in [1.165, 1.54) is 30.3 Å². The van der Waals surface area contributed by atoms with Gasteiger partial charge in [0.1, 0.15) is 5.75 Å². The fourth-order valence-corrected chi connectivity index (χ4v) is 1.55. The molecule has 0 radical (unpaired) electrons. The van der Waals surface area contributed by atoms with E-state index >= 15 is 0 Å². The van der Waals surface area contributed by atoms with Crippen molar-refractivity contribution in [3.05, 3.63) is 42.0 Å². The third-order valence-electron chi connectivity index (χ3n) is 2.29. The lowest BCUT2D eigenvalue weighted by molar-refractivity contribution is -0.274.